The summed E-state index contributed by atoms with van der Waals surface area (Å²) in [5, 5.41) is 4.40. The monoisotopic (exact) mass is 482 g/mol. The predicted molar refractivity (Wildman–Crippen MR) is 139 cm³/mol. The lowest BCUT2D eigenvalue weighted by molar-refractivity contribution is -0.138. The molecule has 7 nitrogen and oxygen atoms in total. The van der Waals surface area contributed by atoms with Gasteiger partial charge in [0, 0.05) is 54.7 Å². The summed E-state index contributed by atoms with van der Waals surface area (Å²) in [6.07, 6.45) is 5.83. The van der Waals surface area contributed by atoms with E-state index in [1.54, 1.807) is 7.11 Å². The number of hydrogen-bond acceptors (Lipinski definition) is 8. The van der Waals surface area contributed by atoms with Crippen LogP contribution in [0.4, 0.5) is 17.1 Å². The number of nitrogens with zero attached hydrogens (tertiary/aromatic N) is 3. The molecule has 1 unspecified atom stereocenters. The highest BCUT2D eigenvalue weighted by atomic mass is 32.2. The number of oxime groups is 1. The number of fused-ring (bicyclic) bond motifs is 1. The molecule has 1 atom stereocenters. The molecule has 0 radical (unpaired) electrons. The maximum absolute atomic E-state index is 12.5. The predicted octanol–water partition coefficient (Wildman–Crippen LogP) is 4.40. The standard InChI is InChI=1S/C26H34N4O3S/c1-5-33-26(31)18-10-17-11-21(27)25(16(3)24(17)30(12-18)19-6-7-19)29-9-8-22-20(13-29)23(28-32-4)15(2)14-34-22/h11-12,15,19H,5-10,13-14,27H2,1-4H3/b28-23-. The van der Waals surface area contributed by atoms with Gasteiger partial charge in [-0.25, -0.2) is 4.79 Å². The minimum Gasteiger partial charge on any atom is -0.463 e. The number of carbonyl (C=O) groups is 1. The zero-order valence-corrected chi connectivity index (χ0v) is 21.3. The van der Waals surface area contributed by atoms with Crippen molar-refractivity contribution in [2.24, 2.45) is 11.1 Å². The third kappa shape index (κ3) is 4.06. The first-order valence-corrected chi connectivity index (χ1v) is 13.2. The molecule has 5 rings (SSSR count). The van der Waals surface area contributed by atoms with E-state index in [1.807, 2.05) is 24.9 Å². The third-order valence-electron chi connectivity index (χ3n) is 7.11. The van der Waals surface area contributed by atoms with E-state index < -0.39 is 0 Å². The number of thioether (sulfide) groups is 1. The summed E-state index contributed by atoms with van der Waals surface area (Å²) in [5.41, 5.74) is 15.1. The molecule has 34 heavy (non-hydrogen) atoms. The molecule has 0 amide bonds. The minimum atomic E-state index is -0.233. The Balaban J connectivity index is 1.52. The number of ether oxygens (including phenoxy) is 1. The topological polar surface area (TPSA) is 80.4 Å². The van der Waals surface area contributed by atoms with Gasteiger partial charge in [0.05, 0.1) is 29.3 Å². The third-order valence-corrected chi connectivity index (χ3v) is 8.58. The summed E-state index contributed by atoms with van der Waals surface area (Å²) in [6.45, 7) is 8.33. The number of carbonyl (C=O) groups excluding carboxylic acids is 1. The van der Waals surface area contributed by atoms with E-state index in [0.29, 0.717) is 30.6 Å². The molecule has 0 saturated heterocycles. The minimum absolute atomic E-state index is 0.233. The molecule has 3 aliphatic heterocycles. The lowest BCUT2D eigenvalue weighted by Crippen LogP contribution is -2.38. The Morgan fingerprint density at radius 2 is 2.12 bits per heavy atom. The second-order valence-electron chi connectivity index (χ2n) is 9.58. The van der Waals surface area contributed by atoms with Gasteiger partial charge in [-0.15, -0.1) is 11.8 Å². The second-order valence-corrected chi connectivity index (χ2v) is 10.7. The highest BCUT2D eigenvalue weighted by Crippen LogP contribution is 2.47. The van der Waals surface area contributed by atoms with Gasteiger partial charge >= 0.3 is 5.97 Å². The summed E-state index contributed by atoms with van der Waals surface area (Å²) >= 11 is 1.96. The van der Waals surface area contributed by atoms with Crippen LogP contribution in [0.25, 0.3) is 0 Å². The van der Waals surface area contributed by atoms with Gasteiger partial charge in [-0.3, -0.25) is 0 Å². The van der Waals surface area contributed by atoms with Gasteiger partial charge in [0.25, 0.3) is 0 Å². The molecular formula is C26H34N4O3S. The van der Waals surface area contributed by atoms with Crippen molar-refractivity contribution in [2.45, 2.75) is 52.5 Å². The van der Waals surface area contributed by atoms with Crippen molar-refractivity contribution < 1.29 is 14.4 Å². The van der Waals surface area contributed by atoms with Gasteiger partial charge in [0.2, 0.25) is 0 Å². The van der Waals surface area contributed by atoms with E-state index in [4.69, 9.17) is 15.3 Å². The molecule has 1 fully saturated rings. The Kier molecular flexibility index (Phi) is 6.27. The lowest BCUT2D eigenvalue weighted by atomic mass is 9.92. The van der Waals surface area contributed by atoms with Crippen LogP contribution in [-0.2, 0) is 20.8 Å². The fraction of sp³-hybridized carbons (Fsp3) is 0.538. The zero-order chi connectivity index (χ0) is 24.0. The van der Waals surface area contributed by atoms with Crippen LogP contribution in [0.1, 0.15) is 44.2 Å². The van der Waals surface area contributed by atoms with E-state index in [0.717, 1.165) is 60.8 Å². The van der Waals surface area contributed by atoms with Crippen LogP contribution in [0.2, 0.25) is 0 Å². The van der Waals surface area contributed by atoms with Crippen molar-refractivity contribution in [2.75, 3.05) is 48.1 Å². The van der Waals surface area contributed by atoms with Crippen LogP contribution in [0.5, 0.6) is 0 Å². The number of benzene rings is 1. The molecule has 3 heterocycles. The van der Waals surface area contributed by atoms with Crippen molar-refractivity contribution in [3.05, 3.63) is 39.4 Å². The van der Waals surface area contributed by atoms with Gasteiger partial charge in [-0.2, -0.15) is 0 Å². The van der Waals surface area contributed by atoms with E-state index in [2.05, 4.69) is 34.9 Å². The van der Waals surface area contributed by atoms with Gasteiger partial charge in [0.1, 0.15) is 7.11 Å². The van der Waals surface area contributed by atoms with Crippen LogP contribution in [-0.4, -0.2) is 50.3 Å². The van der Waals surface area contributed by atoms with Gasteiger partial charge in [-0.1, -0.05) is 12.1 Å². The van der Waals surface area contributed by atoms with Gasteiger partial charge < -0.3 is 25.1 Å². The molecule has 0 spiro atoms. The van der Waals surface area contributed by atoms with Crippen LogP contribution < -0.4 is 15.5 Å². The number of esters is 1. The first-order valence-electron chi connectivity index (χ1n) is 12.2. The number of nitrogen functional groups attached to an aromatic ring is 1. The SMILES string of the molecule is CCOC(=O)C1=CN(C2CC2)c2c(cc(N)c(N3CCC4=C(C3)/C(=N\OC)C(C)CS4)c2C)C1. The Bertz CT molecular complexity index is 1110. The highest BCUT2D eigenvalue weighted by molar-refractivity contribution is 8.03. The lowest BCUT2D eigenvalue weighted by Gasteiger charge is -2.39. The Hall–Kier alpha value is -2.61. The molecule has 1 aromatic carbocycles. The van der Waals surface area contributed by atoms with E-state index >= 15 is 0 Å². The molecule has 1 saturated carbocycles. The largest absolute Gasteiger partial charge is 0.463 e. The van der Waals surface area contributed by atoms with E-state index in [1.165, 1.54) is 21.7 Å². The fourth-order valence-corrected chi connectivity index (χ4v) is 6.63. The molecule has 2 N–H and O–H groups in total. The first kappa shape index (κ1) is 23.1. The van der Waals surface area contributed by atoms with Crippen molar-refractivity contribution in [3.8, 4) is 0 Å². The fourth-order valence-electron chi connectivity index (χ4n) is 5.45. The Morgan fingerprint density at radius 3 is 2.82 bits per heavy atom. The smallest absolute Gasteiger partial charge is 0.335 e. The number of anilines is 3. The number of nitrogens with two attached hydrogens (primary N) is 1. The average Bonchev–Trinajstić information content (AvgIpc) is 3.66. The Labute approximate surface area is 206 Å². The van der Waals surface area contributed by atoms with Crippen molar-refractivity contribution >= 4 is 40.5 Å². The molecule has 0 aromatic heterocycles. The van der Waals surface area contributed by atoms with Crippen LogP contribution in [0, 0.1) is 12.8 Å². The molecule has 4 aliphatic rings. The van der Waals surface area contributed by atoms with E-state index in [9.17, 15) is 4.79 Å². The summed E-state index contributed by atoms with van der Waals surface area (Å²) in [6, 6.07) is 2.51. The normalized spacial score (nSPS) is 23.5. The van der Waals surface area contributed by atoms with Gasteiger partial charge in [-0.05, 0) is 55.2 Å². The molecular weight excluding hydrogens is 448 g/mol. The summed E-state index contributed by atoms with van der Waals surface area (Å²) < 4.78 is 5.31. The second kappa shape index (κ2) is 9.21. The van der Waals surface area contributed by atoms with Crippen molar-refractivity contribution in [1.29, 1.82) is 0 Å². The van der Waals surface area contributed by atoms with Crippen molar-refractivity contribution in [3.63, 3.8) is 0 Å². The van der Waals surface area contributed by atoms with Crippen LogP contribution in [0.3, 0.4) is 0 Å². The maximum atomic E-state index is 12.5. The molecule has 0 bridgehead atoms. The highest BCUT2D eigenvalue weighted by Gasteiger charge is 2.37. The number of hydrogen-bond donors (Lipinski definition) is 1. The first-order chi connectivity index (χ1) is 16.4. The van der Waals surface area contributed by atoms with Gasteiger partial charge in [0.15, 0.2) is 0 Å². The van der Waals surface area contributed by atoms with Crippen molar-refractivity contribution in [1.82, 2.24) is 0 Å². The molecule has 1 aromatic rings. The number of rotatable bonds is 5. The van der Waals surface area contributed by atoms with E-state index in [-0.39, 0.29) is 5.97 Å². The van der Waals surface area contributed by atoms with Crippen LogP contribution in [0.15, 0.2) is 33.5 Å². The average molecular weight is 483 g/mol. The zero-order valence-electron chi connectivity index (χ0n) is 20.5. The molecule has 1 aliphatic carbocycles. The summed E-state index contributed by atoms with van der Waals surface area (Å²) in [7, 11) is 1.62. The Morgan fingerprint density at radius 1 is 1.32 bits per heavy atom. The summed E-state index contributed by atoms with van der Waals surface area (Å²) in [5.74, 6) is 1.18. The summed E-state index contributed by atoms with van der Waals surface area (Å²) in [4.78, 5) is 23.9. The molecule has 8 heteroatoms. The quantitative estimate of drug-likeness (QED) is 0.378. The maximum Gasteiger partial charge on any atom is 0.335 e. The molecule has 182 valence electrons. The van der Waals surface area contributed by atoms with Crippen LogP contribution >= 0.6 is 11.8 Å².